The van der Waals surface area contributed by atoms with Gasteiger partial charge in [0.25, 0.3) is 0 Å². The van der Waals surface area contributed by atoms with Gasteiger partial charge in [0, 0.05) is 23.7 Å². The van der Waals surface area contributed by atoms with E-state index in [9.17, 15) is 9.59 Å². The van der Waals surface area contributed by atoms with Gasteiger partial charge in [0.2, 0.25) is 0 Å². The highest BCUT2D eigenvalue weighted by molar-refractivity contribution is 5.97. The zero-order valence-corrected chi connectivity index (χ0v) is 14.5. The normalized spacial score (nSPS) is 15.3. The smallest absolute Gasteiger partial charge is 0.336 e. The van der Waals surface area contributed by atoms with E-state index in [2.05, 4.69) is 5.32 Å². The molecule has 0 radical (unpaired) electrons. The van der Waals surface area contributed by atoms with Gasteiger partial charge in [-0.1, -0.05) is 0 Å². The van der Waals surface area contributed by atoms with Crippen molar-refractivity contribution in [3.05, 3.63) is 46.7 Å². The number of allylic oxidation sites excluding steroid dienone is 2. The molecule has 1 N–H and O–H groups in total. The van der Waals surface area contributed by atoms with Crippen molar-refractivity contribution >= 4 is 11.9 Å². The third-order valence-electron chi connectivity index (χ3n) is 3.86. The van der Waals surface area contributed by atoms with Gasteiger partial charge in [0.15, 0.2) is 0 Å². The van der Waals surface area contributed by atoms with Crippen molar-refractivity contribution in [2.75, 3.05) is 13.2 Å². The van der Waals surface area contributed by atoms with E-state index >= 15 is 0 Å². The molecular formula is C18H23NO5. The lowest BCUT2D eigenvalue weighted by Crippen LogP contribution is -2.34. The Labute approximate surface area is 141 Å². The minimum Gasteiger partial charge on any atom is -0.469 e. The second-order valence-electron chi connectivity index (χ2n) is 5.48. The maximum atomic E-state index is 12.5. The van der Waals surface area contributed by atoms with Crippen molar-refractivity contribution in [1.29, 1.82) is 0 Å². The molecule has 0 saturated carbocycles. The number of hydrogen-bond acceptors (Lipinski definition) is 6. The number of nitrogens with one attached hydrogen (secondary N) is 1. The Balaban J connectivity index is 2.45. The van der Waals surface area contributed by atoms with Crippen LogP contribution >= 0.6 is 0 Å². The highest BCUT2D eigenvalue weighted by atomic mass is 16.5. The first-order chi connectivity index (χ1) is 11.5. The van der Waals surface area contributed by atoms with Crippen LogP contribution in [-0.2, 0) is 25.5 Å². The third-order valence-corrected chi connectivity index (χ3v) is 3.86. The number of furan rings is 1. The van der Waals surface area contributed by atoms with Crippen molar-refractivity contribution in [1.82, 2.24) is 5.32 Å². The summed E-state index contributed by atoms with van der Waals surface area (Å²) in [6.45, 7) is 7.62. The first-order valence-electron chi connectivity index (χ1n) is 8.04. The topological polar surface area (TPSA) is 77.8 Å². The summed E-state index contributed by atoms with van der Waals surface area (Å²) in [5, 5.41) is 3.09. The van der Waals surface area contributed by atoms with Crippen LogP contribution in [0.2, 0.25) is 0 Å². The molecular weight excluding hydrogens is 310 g/mol. The average Bonchev–Trinajstić information content (AvgIpc) is 3.00. The minimum absolute atomic E-state index is 0.264. The SMILES string of the molecule is CCOC(=O)C1=C(C)NC(C)=C(C(=O)OCC)C1Cc1ccco1. The summed E-state index contributed by atoms with van der Waals surface area (Å²) in [7, 11) is 0. The number of carbonyl (C=O) groups is 2. The van der Waals surface area contributed by atoms with Crippen molar-refractivity contribution in [2.45, 2.75) is 34.1 Å². The standard InChI is InChI=1S/C18H23NO5/c1-5-22-17(20)15-11(3)19-12(4)16(18(21)23-6-2)14(15)10-13-8-7-9-24-13/h7-9,14,19H,5-6,10H2,1-4H3. The van der Waals surface area contributed by atoms with Crippen LogP contribution in [0.5, 0.6) is 0 Å². The zero-order chi connectivity index (χ0) is 17.7. The molecule has 2 rings (SSSR count). The van der Waals surface area contributed by atoms with E-state index in [0.29, 0.717) is 34.7 Å². The number of rotatable bonds is 6. The largest absolute Gasteiger partial charge is 0.469 e. The third kappa shape index (κ3) is 3.69. The molecule has 1 aromatic rings. The monoisotopic (exact) mass is 333 g/mol. The first-order valence-corrected chi connectivity index (χ1v) is 8.04. The van der Waals surface area contributed by atoms with Gasteiger partial charge < -0.3 is 19.2 Å². The molecule has 130 valence electrons. The molecule has 0 aromatic carbocycles. The Bertz CT molecular complexity index is 630. The van der Waals surface area contributed by atoms with Crippen LogP contribution in [0.4, 0.5) is 0 Å². The molecule has 2 heterocycles. The van der Waals surface area contributed by atoms with Crippen LogP contribution in [-0.4, -0.2) is 25.2 Å². The van der Waals surface area contributed by atoms with Crippen LogP contribution < -0.4 is 5.32 Å². The molecule has 0 bridgehead atoms. The van der Waals surface area contributed by atoms with E-state index < -0.39 is 17.9 Å². The summed E-state index contributed by atoms with van der Waals surface area (Å²) in [5.74, 6) is -0.664. The molecule has 0 aliphatic carbocycles. The highest BCUT2D eigenvalue weighted by Gasteiger charge is 2.37. The summed E-state index contributed by atoms with van der Waals surface area (Å²) in [6.07, 6.45) is 1.95. The molecule has 0 unspecified atom stereocenters. The second-order valence-corrected chi connectivity index (χ2v) is 5.48. The predicted octanol–water partition coefficient (Wildman–Crippen LogP) is 2.72. The van der Waals surface area contributed by atoms with Crippen molar-refractivity contribution < 1.29 is 23.5 Å². The van der Waals surface area contributed by atoms with Crippen LogP contribution in [0.1, 0.15) is 33.5 Å². The molecule has 6 nitrogen and oxygen atoms in total. The van der Waals surface area contributed by atoms with Crippen LogP contribution in [0.15, 0.2) is 45.4 Å². The fraction of sp³-hybridized carbons (Fsp3) is 0.444. The number of ether oxygens (including phenoxy) is 2. The predicted molar refractivity (Wildman–Crippen MR) is 87.7 cm³/mol. The molecule has 1 aromatic heterocycles. The zero-order valence-electron chi connectivity index (χ0n) is 14.5. The molecule has 1 aliphatic rings. The second kappa shape index (κ2) is 7.86. The van der Waals surface area contributed by atoms with Gasteiger partial charge in [-0.25, -0.2) is 9.59 Å². The average molecular weight is 333 g/mol. The summed E-state index contributed by atoms with van der Waals surface area (Å²) >= 11 is 0. The van der Waals surface area contributed by atoms with Crippen LogP contribution in [0.25, 0.3) is 0 Å². The Morgan fingerprint density at radius 3 is 2.04 bits per heavy atom. The number of esters is 2. The molecule has 24 heavy (non-hydrogen) atoms. The molecule has 0 spiro atoms. The Morgan fingerprint density at radius 2 is 1.62 bits per heavy atom. The maximum Gasteiger partial charge on any atom is 0.336 e. The molecule has 6 heteroatoms. The lowest BCUT2D eigenvalue weighted by Gasteiger charge is -2.29. The summed E-state index contributed by atoms with van der Waals surface area (Å²) in [5.41, 5.74) is 2.22. The van der Waals surface area contributed by atoms with Crippen molar-refractivity contribution in [2.24, 2.45) is 5.92 Å². The first kappa shape index (κ1) is 17.8. The molecule has 0 atom stereocenters. The molecule has 0 amide bonds. The summed E-state index contributed by atoms with van der Waals surface area (Å²) in [4.78, 5) is 24.9. The van der Waals surface area contributed by atoms with Gasteiger partial charge in [-0.05, 0) is 39.8 Å². The van der Waals surface area contributed by atoms with E-state index in [1.54, 1.807) is 40.0 Å². The number of dihydropyridines is 1. The quantitative estimate of drug-likeness (QED) is 0.807. The van der Waals surface area contributed by atoms with Gasteiger partial charge in [-0.3, -0.25) is 0 Å². The molecule has 1 aliphatic heterocycles. The Kier molecular flexibility index (Phi) is 5.84. The van der Waals surface area contributed by atoms with E-state index in [0.717, 1.165) is 0 Å². The molecule has 0 saturated heterocycles. The van der Waals surface area contributed by atoms with E-state index in [4.69, 9.17) is 13.9 Å². The number of hydrogen-bond donors (Lipinski definition) is 1. The van der Waals surface area contributed by atoms with Gasteiger partial charge >= 0.3 is 11.9 Å². The van der Waals surface area contributed by atoms with Crippen molar-refractivity contribution in [3.63, 3.8) is 0 Å². The lowest BCUT2D eigenvalue weighted by molar-refractivity contribution is -0.140. The van der Waals surface area contributed by atoms with Crippen LogP contribution in [0, 0.1) is 5.92 Å². The van der Waals surface area contributed by atoms with Crippen LogP contribution in [0.3, 0.4) is 0 Å². The minimum atomic E-state index is -0.476. The molecule has 0 fully saturated rings. The van der Waals surface area contributed by atoms with Crippen molar-refractivity contribution in [3.8, 4) is 0 Å². The Morgan fingerprint density at radius 1 is 1.08 bits per heavy atom. The van der Waals surface area contributed by atoms with Gasteiger partial charge in [0.05, 0.1) is 30.6 Å². The van der Waals surface area contributed by atoms with E-state index in [-0.39, 0.29) is 13.2 Å². The summed E-state index contributed by atoms with van der Waals surface area (Å²) in [6, 6.07) is 3.59. The van der Waals surface area contributed by atoms with E-state index in [1.165, 1.54) is 0 Å². The Hall–Kier alpha value is -2.50. The lowest BCUT2D eigenvalue weighted by atomic mass is 9.82. The summed E-state index contributed by atoms with van der Waals surface area (Å²) < 4.78 is 15.8. The fourth-order valence-corrected chi connectivity index (χ4v) is 2.93. The van der Waals surface area contributed by atoms with Gasteiger partial charge in [0.1, 0.15) is 5.76 Å². The van der Waals surface area contributed by atoms with E-state index in [1.807, 2.05) is 6.07 Å². The highest BCUT2D eigenvalue weighted by Crippen LogP contribution is 2.34. The fourth-order valence-electron chi connectivity index (χ4n) is 2.93. The van der Waals surface area contributed by atoms with Gasteiger partial charge in [-0.15, -0.1) is 0 Å². The number of carbonyl (C=O) groups excluding carboxylic acids is 2. The maximum absolute atomic E-state index is 12.5. The van der Waals surface area contributed by atoms with Gasteiger partial charge in [-0.2, -0.15) is 0 Å².